The van der Waals surface area contributed by atoms with Gasteiger partial charge >= 0.3 is 0 Å². The first-order valence-electron chi connectivity index (χ1n) is 7.29. The summed E-state index contributed by atoms with van der Waals surface area (Å²) in [6, 6.07) is 7.13. The number of ether oxygens (including phenoxy) is 1. The predicted octanol–water partition coefficient (Wildman–Crippen LogP) is 2.99. The van der Waals surface area contributed by atoms with Crippen LogP contribution in [0, 0.1) is 5.92 Å². The minimum atomic E-state index is 0.195. The van der Waals surface area contributed by atoms with Crippen LogP contribution in [-0.4, -0.2) is 13.2 Å². The van der Waals surface area contributed by atoms with E-state index < -0.39 is 0 Å². The van der Waals surface area contributed by atoms with Crippen LogP contribution in [0.15, 0.2) is 18.2 Å². The van der Waals surface area contributed by atoms with Gasteiger partial charge in [-0.15, -0.1) is 0 Å². The largest absolute Gasteiger partial charge is 0.381 e. The number of rotatable bonds is 2. The summed E-state index contributed by atoms with van der Waals surface area (Å²) in [7, 11) is 0. The molecule has 2 nitrogen and oxygen atoms in total. The average molecular weight is 245 g/mol. The Labute approximate surface area is 110 Å². The molecular formula is C16H23NO. The van der Waals surface area contributed by atoms with Gasteiger partial charge in [0.15, 0.2) is 0 Å². The Morgan fingerprint density at radius 3 is 2.56 bits per heavy atom. The summed E-state index contributed by atoms with van der Waals surface area (Å²) in [6.45, 7) is 1.76. The maximum Gasteiger partial charge on any atom is 0.0469 e. The lowest BCUT2D eigenvalue weighted by Gasteiger charge is -2.28. The van der Waals surface area contributed by atoms with E-state index in [9.17, 15) is 0 Å². The number of nitrogens with two attached hydrogens (primary N) is 1. The fourth-order valence-electron chi connectivity index (χ4n) is 3.31. The summed E-state index contributed by atoms with van der Waals surface area (Å²) < 4.78 is 5.42. The molecule has 0 saturated carbocycles. The highest BCUT2D eigenvalue weighted by atomic mass is 16.5. The second-order valence-electron chi connectivity index (χ2n) is 5.71. The maximum atomic E-state index is 6.45. The van der Waals surface area contributed by atoms with Crippen molar-refractivity contribution in [2.24, 2.45) is 11.7 Å². The van der Waals surface area contributed by atoms with Crippen LogP contribution in [0.4, 0.5) is 0 Å². The van der Waals surface area contributed by atoms with Crippen LogP contribution in [0.2, 0.25) is 0 Å². The summed E-state index contributed by atoms with van der Waals surface area (Å²) >= 11 is 0. The maximum absolute atomic E-state index is 6.45. The molecule has 0 amide bonds. The number of aryl methyl sites for hydroxylation is 2. The minimum absolute atomic E-state index is 0.195. The Kier molecular flexibility index (Phi) is 3.67. The molecule has 2 aliphatic rings. The highest BCUT2D eigenvalue weighted by molar-refractivity contribution is 5.35. The Morgan fingerprint density at radius 2 is 1.78 bits per heavy atom. The van der Waals surface area contributed by atoms with Gasteiger partial charge in [0.05, 0.1) is 0 Å². The molecule has 1 heterocycles. The first kappa shape index (κ1) is 12.2. The Morgan fingerprint density at radius 1 is 1.06 bits per heavy atom. The average Bonchev–Trinajstić information content (AvgIpc) is 2.47. The summed E-state index contributed by atoms with van der Waals surface area (Å²) in [5.41, 5.74) is 10.9. The molecule has 1 aromatic carbocycles. The summed E-state index contributed by atoms with van der Waals surface area (Å²) in [6.07, 6.45) is 7.39. The van der Waals surface area contributed by atoms with Crippen molar-refractivity contribution in [3.63, 3.8) is 0 Å². The van der Waals surface area contributed by atoms with Crippen LogP contribution in [0.25, 0.3) is 0 Å². The molecule has 3 rings (SSSR count). The van der Waals surface area contributed by atoms with Gasteiger partial charge in [0, 0.05) is 19.3 Å². The molecule has 1 aromatic rings. The molecule has 0 radical (unpaired) electrons. The van der Waals surface area contributed by atoms with Crippen molar-refractivity contribution in [3.05, 3.63) is 34.9 Å². The van der Waals surface area contributed by atoms with E-state index in [1.165, 1.54) is 31.2 Å². The van der Waals surface area contributed by atoms with Gasteiger partial charge in [-0.3, -0.25) is 0 Å². The van der Waals surface area contributed by atoms with Gasteiger partial charge in [-0.1, -0.05) is 18.2 Å². The monoisotopic (exact) mass is 245 g/mol. The van der Waals surface area contributed by atoms with E-state index in [4.69, 9.17) is 10.5 Å². The van der Waals surface area contributed by atoms with Gasteiger partial charge in [-0.2, -0.15) is 0 Å². The fraction of sp³-hybridized carbons (Fsp3) is 0.625. The molecule has 2 heteroatoms. The van der Waals surface area contributed by atoms with Crippen molar-refractivity contribution in [1.82, 2.24) is 0 Å². The lowest BCUT2D eigenvalue weighted by Crippen LogP contribution is -2.27. The van der Waals surface area contributed by atoms with Gasteiger partial charge < -0.3 is 10.5 Å². The standard InChI is InChI=1S/C16H23NO/c17-16(13-7-9-18-10-8-13)15-6-5-12-3-1-2-4-14(12)11-15/h5-6,11,13,16H,1-4,7-10,17H2. The van der Waals surface area contributed by atoms with E-state index >= 15 is 0 Å². The predicted molar refractivity (Wildman–Crippen MR) is 73.6 cm³/mol. The van der Waals surface area contributed by atoms with Crippen LogP contribution >= 0.6 is 0 Å². The number of benzene rings is 1. The van der Waals surface area contributed by atoms with Crippen LogP contribution in [0.1, 0.15) is 48.4 Å². The molecule has 1 fully saturated rings. The Hall–Kier alpha value is -0.860. The number of fused-ring (bicyclic) bond motifs is 1. The SMILES string of the molecule is NC(c1ccc2c(c1)CCCC2)C1CCOCC1. The lowest BCUT2D eigenvalue weighted by atomic mass is 9.84. The molecule has 0 bridgehead atoms. The van der Waals surface area contributed by atoms with Crippen LogP contribution in [0.3, 0.4) is 0 Å². The highest BCUT2D eigenvalue weighted by Crippen LogP contribution is 2.30. The summed E-state index contributed by atoms with van der Waals surface area (Å²) in [5, 5.41) is 0. The van der Waals surface area contributed by atoms with E-state index in [1.807, 2.05) is 0 Å². The molecule has 2 N–H and O–H groups in total. The van der Waals surface area contributed by atoms with Crippen molar-refractivity contribution in [3.8, 4) is 0 Å². The zero-order valence-corrected chi connectivity index (χ0v) is 11.0. The van der Waals surface area contributed by atoms with E-state index in [2.05, 4.69) is 18.2 Å². The molecule has 1 aliphatic carbocycles. The van der Waals surface area contributed by atoms with Crippen molar-refractivity contribution in [2.75, 3.05) is 13.2 Å². The third-order valence-corrected chi connectivity index (χ3v) is 4.53. The first-order chi connectivity index (χ1) is 8.84. The van der Waals surface area contributed by atoms with Crippen molar-refractivity contribution in [1.29, 1.82) is 0 Å². The highest BCUT2D eigenvalue weighted by Gasteiger charge is 2.23. The smallest absolute Gasteiger partial charge is 0.0469 e. The fourth-order valence-corrected chi connectivity index (χ4v) is 3.31. The molecule has 1 atom stereocenters. The summed E-state index contributed by atoms with van der Waals surface area (Å²) in [5.74, 6) is 0.598. The lowest BCUT2D eigenvalue weighted by molar-refractivity contribution is 0.0583. The normalized spacial score (nSPS) is 22.5. The Balaban J connectivity index is 1.78. The second kappa shape index (κ2) is 5.41. The van der Waals surface area contributed by atoms with Gasteiger partial charge in [0.25, 0.3) is 0 Å². The van der Waals surface area contributed by atoms with Crippen LogP contribution < -0.4 is 5.73 Å². The topological polar surface area (TPSA) is 35.2 Å². The molecular weight excluding hydrogens is 222 g/mol. The van der Waals surface area contributed by atoms with Gasteiger partial charge in [0.2, 0.25) is 0 Å². The quantitative estimate of drug-likeness (QED) is 0.869. The zero-order chi connectivity index (χ0) is 12.4. The summed E-state index contributed by atoms with van der Waals surface area (Å²) in [4.78, 5) is 0. The van der Waals surface area contributed by atoms with Gasteiger partial charge in [0.1, 0.15) is 0 Å². The number of hydrogen-bond acceptors (Lipinski definition) is 2. The Bertz CT molecular complexity index is 410. The second-order valence-corrected chi connectivity index (χ2v) is 5.71. The van der Waals surface area contributed by atoms with Gasteiger partial charge in [-0.05, 0) is 61.1 Å². The third-order valence-electron chi connectivity index (χ3n) is 4.53. The van der Waals surface area contributed by atoms with Crippen molar-refractivity contribution >= 4 is 0 Å². The van der Waals surface area contributed by atoms with Crippen molar-refractivity contribution in [2.45, 2.75) is 44.6 Å². The molecule has 1 saturated heterocycles. The van der Waals surface area contributed by atoms with E-state index in [-0.39, 0.29) is 6.04 Å². The van der Waals surface area contributed by atoms with Crippen molar-refractivity contribution < 1.29 is 4.74 Å². The third kappa shape index (κ3) is 2.45. The van der Waals surface area contributed by atoms with Gasteiger partial charge in [-0.25, -0.2) is 0 Å². The first-order valence-corrected chi connectivity index (χ1v) is 7.29. The van der Waals surface area contributed by atoms with Crippen LogP contribution in [-0.2, 0) is 17.6 Å². The molecule has 1 unspecified atom stereocenters. The molecule has 0 aromatic heterocycles. The van der Waals surface area contributed by atoms with Crippen LogP contribution in [0.5, 0.6) is 0 Å². The van der Waals surface area contributed by atoms with E-state index in [1.54, 1.807) is 11.1 Å². The molecule has 98 valence electrons. The van der Waals surface area contributed by atoms with E-state index in [0.717, 1.165) is 26.1 Å². The molecule has 18 heavy (non-hydrogen) atoms. The van der Waals surface area contributed by atoms with E-state index in [0.29, 0.717) is 5.92 Å². The number of hydrogen-bond donors (Lipinski definition) is 1. The zero-order valence-electron chi connectivity index (χ0n) is 11.0. The molecule has 0 spiro atoms. The minimum Gasteiger partial charge on any atom is -0.381 e. The molecule has 1 aliphatic heterocycles.